The zero-order valence-electron chi connectivity index (χ0n) is 16.2. The van der Waals surface area contributed by atoms with Gasteiger partial charge in [0.15, 0.2) is 11.5 Å². The predicted octanol–water partition coefficient (Wildman–Crippen LogP) is 3.78. The van der Waals surface area contributed by atoms with Crippen molar-refractivity contribution in [2.75, 3.05) is 19.5 Å². The van der Waals surface area contributed by atoms with Crippen molar-refractivity contribution in [1.82, 2.24) is 10.3 Å². The molecule has 0 spiro atoms. The van der Waals surface area contributed by atoms with Crippen LogP contribution in [-0.2, 0) is 13.1 Å². The molecule has 150 valence electrons. The number of halogens is 1. The van der Waals surface area contributed by atoms with Crippen LogP contribution in [-0.4, -0.2) is 25.1 Å². The third kappa shape index (κ3) is 5.22. The normalized spacial score (nSPS) is 10.3. The molecule has 2 N–H and O–H groups in total. The summed E-state index contributed by atoms with van der Waals surface area (Å²) in [7, 11) is 3.18. The Kier molecular flexibility index (Phi) is 6.63. The van der Waals surface area contributed by atoms with E-state index in [1.54, 1.807) is 50.7 Å². The van der Waals surface area contributed by atoms with Gasteiger partial charge in [0, 0.05) is 18.7 Å². The second kappa shape index (κ2) is 9.54. The molecule has 6 nitrogen and oxygen atoms in total. The summed E-state index contributed by atoms with van der Waals surface area (Å²) in [5, 5.41) is 5.91. The molecule has 0 saturated heterocycles. The quantitative estimate of drug-likeness (QED) is 0.607. The van der Waals surface area contributed by atoms with Gasteiger partial charge in [-0.3, -0.25) is 4.79 Å². The molecule has 0 aliphatic carbocycles. The third-order valence-electron chi connectivity index (χ3n) is 4.34. The van der Waals surface area contributed by atoms with Gasteiger partial charge in [-0.2, -0.15) is 0 Å². The topological polar surface area (TPSA) is 72.5 Å². The number of hydrogen-bond donors (Lipinski definition) is 2. The van der Waals surface area contributed by atoms with Crippen LogP contribution >= 0.6 is 0 Å². The maximum atomic E-state index is 13.6. The van der Waals surface area contributed by atoms with E-state index < -0.39 is 0 Å². The average Bonchev–Trinajstić information content (AvgIpc) is 2.77. The zero-order chi connectivity index (χ0) is 20.6. The van der Waals surface area contributed by atoms with Crippen molar-refractivity contribution in [3.8, 4) is 11.5 Å². The minimum absolute atomic E-state index is 0.104. The van der Waals surface area contributed by atoms with Gasteiger partial charge in [0.1, 0.15) is 11.5 Å². The number of nitrogens with zero attached hydrogens (tertiary/aromatic N) is 1. The van der Waals surface area contributed by atoms with Gasteiger partial charge >= 0.3 is 0 Å². The second-order valence-electron chi connectivity index (χ2n) is 6.25. The van der Waals surface area contributed by atoms with Gasteiger partial charge in [-0.15, -0.1) is 0 Å². The number of rotatable bonds is 8. The molecule has 0 unspecified atom stereocenters. The molecule has 0 bridgehead atoms. The molecule has 0 fully saturated rings. The number of benzene rings is 2. The van der Waals surface area contributed by atoms with Crippen LogP contribution in [0.2, 0.25) is 0 Å². The molecule has 29 heavy (non-hydrogen) atoms. The monoisotopic (exact) mass is 395 g/mol. The molecule has 0 aliphatic rings. The van der Waals surface area contributed by atoms with E-state index in [9.17, 15) is 9.18 Å². The molecule has 0 radical (unpaired) electrons. The first-order valence-corrected chi connectivity index (χ1v) is 9.03. The van der Waals surface area contributed by atoms with Gasteiger partial charge in [0.2, 0.25) is 0 Å². The smallest absolute Gasteiger partial charge is 0.270 e. The van der Waals surface area contributed by atoms with Crippen LogP contribution < -0.4 is 20.1 Å². The van der Waals surface area contributed by atoms with Gasteiger partial charge in [-0.05, 0) is 35.9 Å². The lowest BCUT2D eigenvalue weighted by atomic mass is 10.2. The highest BCUT2D eigenvalue weighted by atomic mass is 19.1. The van der Waals surface area contributed by atoms with E-state index in [1.807, 2.05) is 18.2 Å². The molecule has 1 amide bonds. The highest BCUT2D eigenvalue weighted by molar-refractivity contribution is 5.92. The molecule has 3 aromatic rings. The van der Waals surface area contributed by atoms with E-state index in [0.29, 0.717) is 23.6 Å². The molecule has 7 heteroatoms. The van der Waals surface area contributed by atoms with Gasteiger partial charge in [0.25, 0.3) is 5.91 Å². The Hall–Kier alpha value is -3.61. The number of carbonyl (C=O) groups excluding carboxylic acids is 1. The maximum absolute atomic E-state index is 13.6. The van der Waals surface area contributed by atoms with E-state index in [-0.39, 0.29) is 24.0 Å². The van der Waals surface area contributed by atoms with Crippen LogP contribution in [0.15, 0.2) is 60.8 Å². The first kappa shape index (κ1) is 20.1. The Morgan fingerprint density at radius 2 is 1.79 bits per heavy atom. The lowest BCUT2D eigenvalue weighted by Crippen LogP contribution is -2.24. The van der Waals surface area contributed by atoms with Crippen molar-refractivity contribution >= 4 is 11.6 Å². The SMILES string of the molecule is COc1ccc(CNc2ccc(C(=O)NCc3ccccc3F)nc2)cc1OC. The molecule has 0 atom stereocenters. The van der Waals surface area contributed by atoms with Crippen LogP contribution in [0.1, 0.15) is 21.6 Å². The average molecular weight is 395 g/mol. The van der Waals surface area contributed by atoms with Crippen molar-refractivity contribution in [3.63, 3.8) is 0 Å². The minimum atomic E-state index is -0.361. The van der Waals surface area contributed by atoms with Crippen molar-refractivity contribution in [3.05, 3.63) is 83.4 Å². The number of ether oxygens (including phenoxy) is 2. The molecular weight excluding hydrogens is 373 g/mol. The standard InChI is InChI=1S/C22H22FN3O3/c1-28-20-10-7-15(11-21(20)29-2)12-24-17-8-9-19(25-14-17)22(27)26-13-16-5-3-4-6-18(16)23/h3-11,14,24H,12-13H2,1-2H3,(H,26,27). The van der Waals surface area contributed by atoms with Crippen LogP contribution in [0.3, 0.4) is 0 Å². The number of amides is 1. The lowest BCUT2D eigenvalue weighted by Gasteiger charge is -2.11. The molecule has 1 aromatic heterocycles. The first-order valence-electron chi connectivity index (χ1n) is 9.03. The molecule has 2 aromatic carbocycles. The van der Waals surface area contributed by atoms with E-state index in [0.717, 1.165) is 11.3 Å². The Balaban J connectivity index is 1.56. The highest BCUT2D eigenvalue weighted by Crippen LogP contribution is 2.27. The fraction of sp³-hybridized carbons (Fsp3) is 0.182. The summed E-state index contributed by atoms with van der Waals surface area (Å²) in [6.45, 7) is 0.660. The largest absolute Gasteiger partial charge is 0.493 e. The van der Waals surface area contributed by atoms with Gasteiger partial charge in [0.05, 0.1) is 26.1 Å². The maximum Gasteiger partial charge on any atom is 0.270 e. The molecule has 0 aliphatic heterocycles. The van der Waals surface area contributed by atoms with Crippen molar-refractivity contribution in [2.24, 2.45) is 0 Å². The van der Waals surface area contributed by atoms with Crippen LogP contribution in [0.25, 0.3) is 0 Å². The van der Waals surface area contributed by atoms with Crippen LogP contribution in [0.4, 0.5) is 10.1 Å². The van der Waals surface area contributed by atoms with Crippen LogP contribution in [0.5, 0.6) is 11.5 Å². The summed E-state index contributed by atoms with van der Waals surface area (Å²) in [5.74, 6) is 0.616. The zero-order valence-corrected chi connectivity index (χ0v) is 16.2. The number of nitrogens with one attached hydrogen (secondary N) is 2. The number of carbonyl (C=O) groups is 1. The summed E-state index contributed by atoms with van der Waals surface area (Å²) < 4.78 is 24.2. The Morgan fingerprint density at radius 3 is 2.48 bits per heavy atom. The number of hydrogen-bond acceptors (Lipinski definition) is 5. The molecule has 0 saturated carbocycles. The van der Waals surface area contributed by atoms with E-state index in [2.05, 4.69) is 15.6 Å². The van der Waals surface area contributed by atoms with Crippen molar-refractivity contribution in [2.45, 2.75) is 13.1 Å². The summed E-state index contributed by atoms with van der Waals surface area (Å²) in [6.07, 6.45) is 1.58. The van der Waals surface area contributed by atoms with Crippen molar-refractivity contribution in [1.29, 1.82) is 0 Å². The predicted molar refractivity (Wildman–Crippen MR) is 109 cm³/mol. The second-order valence-corrected chi connectivity index (χ2v) is 6.25. The number of methoxy groups -OCH3 is 2. The van der Waals surface area contributed by atoms with Crippen molar-refractivity contribution < 1.29 is 18.7 Å². The van der Waals surface area contributed by atoms with Gasteiger partial charge in [-0.25, -0.2) is 9.37 Å². The van der Waals surface area contributed by atoms with Gasteiger partial charge in [-0.1, -0.05) is 24.3 Å². The Labute approximate surface area is 168 Å². The van der Waals surface area contributed by atoms with E-state index >= 15 is 0 Å². The third-order valence-corrected chi connectivity index (χ3v) is 4.34. The van der Waals surface area contributed by atoms with Gasteiger partial charge < -0.3 is 20.1 Å². The number of aromatic nitrogens is 1. The van der Waals surface area contributed by atoms with E-state index in [1.165, 1.54) is 6.07 Å². The summed E-state index contributed by atoms with van der Waals surface area (Å²) in [6, 6.07) is 15.4. The Morgan fingerprint density at radius 1 is 1.00 bits per heavy atom. The Bertz CT molecular complexity index is 977. The summed E-state index contributed by atoms with van der Waals surface area (Å²) in [5.41, 5.74) is 2.46. The minimum Gasteiger partial charge on any atom is -0.493 e. The number of anilines is 1. The molecule has 1 heterocycles. The summed E-state index contributed by atoms with van der Waals surface area (Å²) >= 11 is 0. The fourth-order valence-corrected chi connectivity index (χ4v) is 2.74. The molecular formula is C22H22FN3O3. The molecule has 3 rings (SSSR count). The highest BCUT2D eigenvalue weighted by Gasteiger charge is 2.09. The number of pyridine rings is 1. The lowest BCUT2D eigenvalue weighted by molar-refractivity contribution is 0.0945. The fourth-order valence-electron chi connectivity index (χ4n) is 2.74. The summed E-state index contributed by atoms with van der Waals surface area (Å²) in [4.78, 5) is 16.4. The van der Waals surface area contributed by atoms with E-state index in [4.69, 9.17) is 9.47 Å². The first-order chi connectivity index (χ1) is 14.1. The van der Waals surface area contributed by atoms with Crippen LogP contribution in [0, 0.1) is 5.82 Å².